The van der Waals surface area contributed by atoms with Crippen molar-refractivity contribution in [3.05, 3.63) is 60.2 Å². The quantitative estimate of drug-likeness (QED) is 0.927. The van der Waals surface area contributed by atoms with Gasteiger partial charge in [-0.3, -0.25) is 4.79 Å². The van der Waals surface area contributed by atoms with Crippen molar-refractivity contribution < 1.29 is 4.79 Å². The first kappa shape index (κ1) is 12.9. The number of carbonyl (C=O) groups is 1. The van der Waals surface area contributed by atoms with E-state index in [4.69, 9.17) is 5.73 Å². The molecule has 1 unspecified atom stereocenters. The summed E-state index contributed by atoms with van der Waals surface area (Å²) in [5.41, 5.74) is 9.28. The predicted molar refractivity (Wildman–Crippen MR) is 79.9 cm³/mol. The molecule has 1 amide bonds. The minimum absolute atomic E-state index is 0.0668. The van der Waals surface area contributed by atoms with Gasteiger partial charge in [0.05, 0.1) is 6.04 Å². The molecule has 3 nitrogen and oxygen atoms in total. The maximum Gasteiger partial charge on any atom is 0.239 e. The topological polar surface area (TPSA) is 46.3 Å². The lowest BCUT2D eigenvalue weighted by atomic mass is 10.0. The molecular formula is C17H18N2O. The Labute approximate surface area is 119 Å². The van der Waals surface area contributed by atoms with E-state index >= 15 is 0 Å². The van der Waals surface area contributed by atoms with E-state index in [0.29, 0.717) is 6.54 Å². The second-order valence-corrected chi connectivity index (χ2v) is 5.22. The van der Waals surface area contributed by atoms with E-state index in [-0.39, 0.29) is 11.9 Å². The molecule has 0 aromatic heterocycles. The van der Waals surface area contributed by atoms with Gasteiger partial charge < -0.3 is 10.6 Å². The molecule has 1 heterocycles. The van der Waals surface area contributed by atoms with Gasteiger partial charge in [0, 0.05) is 13.1 Å². The van der Waals surface area contributed by atoms with Gasteiger partial charge in [0.1, 0.15) is 0 Å². The highest BCUT2D eigenvalue weighted by Gasteiger charge is 2.28. The Balaban J connectivity index is 1.72. The molecule has 1 aliphatic heterocycles. The second kappa shape index (κ2) is 5.47. The summed E-state index contributed by atoms with van der Waals surface area (Å²) in [5.74, 6) is 0.0668. The van der Waals surface area contributed by atoms with E-state index in [2.05, 4.69) is 36.4 Å². The van der Waals surface area contributed by atoms with Crippen LogP contribution in [0.1, 0.15) is 12.0 Å². The third-order valence-electron chi connectivity index (χ3n) is 3.77. The monoisotopic (exact) mass is 266 g/mol. The molecule has 0 saturated carbocycles. The Morgan fingerprint density at radius 1 is 1.00 bits per heavy atom. The third-order valence-corrected chi connectivity index (χ3v) is 3.77. The number of likely N-dealkylation sites (tertiary alicyclic amines) is 1. The van der Waals surface area contributed by atoms with Gasteiger partial charge in [0.15, 0.2) is 0 Å². The largest absolute Gasteiger partial charge is 0.337 e. The summed E-state index contributed by atoms with van der Waals surface area (Å²) < 4.78 is 0. The smallest absolute Gasteiger partial charge is 0.239 e. The minimum atomic E-state index is -0.307. The summed E-state index contributed by atoms with van der Waals surface area (Å²) >= 11 is 0. The van der Waals surface area contributed by atoms with E-state index in [1.165, 1.54) is 11.1 Å². The zero-order chi connectivity index (χ0) is 13.9. The van der Waals surface area contributed by atoms with Gasteiger partial charge >= 0.3 is 0 Å². The first-order valence-electron chi connectivity index (χ1n) is 6.93. The molecule has 0 aliphatic carbocycles. The van der Waals surface area contributed by atoms with E-state index < -0.39 is 0 Å². The molecule has 0 bridgehead atoms. The number of hydrogen-bond acceptors (Lipinski definition) is 2. The number of rotatable bonds is 3. The summed E-state index contributed by atoms with van der Waals surface area (Å²) in [6.07, 6.45) is 0.765. The summed E-state index contributed by atoms with van der Waals surface area (Å²) in [7, 11) is 0. The van der Waals surface area contributed by atoms with Gasteiger partial charge in [-0.15, -0.1) is 0 Å². The number of benzene rings is 2. The standard InChI is InChI=1S/C17H18N2O/c18-16-10-11-19(17(16)20)12-13-6-8-15(9-7-13)14-4-2-1-3-5-14/h1-9,16H,10-12,18H2. The highest BCUT2D eigenvalue weighted by Crippen LogP contribution is 2.20. The van der Waals surface area contributed by atoms with Gasteiger partial charge in [-0.1, -0.05) is 54.6 Å². The normalized spacial score (nSPS) is 18.6. The Bertz CT molecular complexity index is 592. The summed E-state index contributed by atoms with van der Waals surface area (Å²) in [4.78, 5) is 13.6. The van der Waals surface area contributed by atoms with Crippen molar-refractivity contribution in [2.75, 3.05) is 6.54 Å². The Hall–Kier alpha value is -2.13. The molecule has 2 N–H and O–H groups in total. The number of carbonyl (C=O) groups excluding carboxylic acids is 1. The van der Waals surface area contributed by atoms with E-state index in [0.717, 1.165) is 18.5 Å². The van der Waals surface area contributed by atoms with Crippen molar-refractivity contribution >= 4 is 5.91 Å². The first-order chi connectivity index (χ1) is 9.74. The Morgan fingerprint density at radius 3 is 2.25 bits per heavy atom. The molecule has 1 fully saturated rings. The average molecular weight is 266 g/mol. The fraction of sp³-hybridized carbons (Fsp3) is 0.235. The number of hydrogen-bond donors (Lipinski definition) is 1. The molecule has 3 rings (SSSR count). The highest BCUT2D eigenvalue weighted by atomic mass is 16.2. The number of nitrogens with two attached hydrogens (primary N) is 1. The third kappa shape index (κ3) is 2.58. The molecule has 20 heavy (non-hydrogen) atoms. The maximum atomic E-state index is 11.8. The fourth-order valence-corrected chi connectivity index (χ4v) is 2.57. The molecule has 1 saturated heterocycles. The first-order valence-corrected chi connectivity index (χ1v) is 6.93. The van der Waals surface area contributed by atoms with Crippen LogP contribution in [0.3, 0.4) is 0 Å². The SMILES string of the molecule is NC1CCN(Cc2ccc(-c3ccccc3)cc2)C1=O. The molecule has 2 aromatic carbocycles. The van der Waals surface area contributed by atoms with Crippen LogP contribution in [0.25, 0.3) is 11.1 Å². The summed E-state index contributed by atoms with van der Waals surface area (Å²) in [6, 6.07) is 18.3. The van der Waals surface area contributed by atoms with Crippen molar-refractivity contribution in [1.82, 2.24) is 4.90 Å². The van der Waals surface area contributed by atoms with E-state index in [1.807, 2.05) is 23.1 Å². The highest BCUT2D eigenvalue weighted by molar-refractivity contribution is 5.83. The Morgan fingerprint density at radius 2 is 1.65 bits per heavy atom. The van der Waals surface area contributed by atoms with Crippen LogP contribution in [0.5, 0.6) is 0 Å². The zero-order valence-corrected chi connectivity index (χ0v) is 11.3. The molecule has 102 valence electrons. The second-order valence-electron chi connectivity index (χ2n) is 5.22. The maximum absolute atomic E-state index is 11.8. The lowest BCUT2D eigenvalue weighted by Gasteiger charge is -2.16. The van der Waals surface area contributed by atoms with Crippen LogP contribution >= 0.6 is 0 Å². The van der Waals surface area contributed by atoms with Gasteiger partial charge in [0.25, 0.3) is 0 Å². The van der Waals surface area contributed by atoms with Crippen LogP contribution in [0.4, 0.5) is 0 Å². The van der Waals surface area contributed by atoms with Crippen molar-refractivity contribution in [2.45, 2.75) is 19.0 Å². The lowest BCUT2D eigenvalue weighted by molar-refractivity contribution is -0.129. The van der Waals surface area contributed by atoms with Crippen molar-refractivity contribution in [3.8, 4) is 11.1 Å². The molecule has 3 heteroatoms. The summed E-state index contributed by atoms with van der Waals surface area (Å²) in [6.45, 7) is 1.42. The Kier molecular flexibility index (Phi) is 3.52. The molecule has 2 aromatic rings. The molecule has 1 atom stereocenters. The molecular weight excluding hydrogens is 248 g/mol. The van der Waals surface area contributed by atoms with Crippen LogP contribution < -0.4 is 5.73 Å². The summed E-state index contributed by atoms with van der Waals surface area (Å²) in [5, 5.41) is 0. The van der Waals surface area contributed by atoms with Crippen LogP contribution in [-0.4, -0.2) is 23.4 Å². The predicted octanol–water partition coefficient (Wildman–Crippen LogP) is 2.41. The van der Waals surface area contributed by atoms with Crippen LogP contribution in [0, 0.1) is 0 Å². The van der Waals surface area contributed by atoms with Crippen LogP contribution in [0.15, 0.2) is 54.6 Å². The zero-order valence-electron chi connectivity index (χ0n) is 11.3. The van der Waals surface area contributed by atoms with E-state index in [1.54, 1.807) is 0 Å². The number of amides is 1. The molecule has 0 spiro atoms. The van der Waals surface area contributed by atoms with Gasteiger partial charge in [-0.2, -0.15) is 0 Å². The van der Waals surface area contributed by atoms with Crippen molar-refractivity contribution in [2.24, 2.45) is 5.73 Å². The average Bonchev–Trinajstić information content (AvgIpc) is 2.81. The van der Waals surface area contributed by atoms with E-state index in [9.17, 15) is 4.79 Å². The van der Waals surface area contributed by atoms with Gasteiger partial charge in [-0.05, 0) is 23.1 Å². The van der Waals surface area contributed by atoms with Crippen molar-refractivity contribution in [3.63, 3.8) is 0 Å². The van der Waals surface area contributed by atoms with Gasteiger partial charge in [-0.25, -0.2) is 0 Å². The van der Waals surface area contributed by atoms with Crippen LogP contribution in [-0.2, 0) is 11.3 Å². The minimum Gasteiger partial charge on any atom is -0.337 e. The van der Waals surface area contributed by atoms with Crippen LogP contribution in [0.2, 0.25) is 0 Å². The number of nitrogens with zero attached hydrogens (tertiary/aromatic N) is 1. The fourth-order valence-electron chi connectivity index (χ4n) is 2.57. The van der Waals surface area contributed by atoms with Crippen molar-refractivity contribution in [1.29, 1.82) is 0 Å². The molecule has 0 radical (unpaired) electrons. The lowest BCUT2D eigenvalue weighted by Crippen LogP contribution is -2.33. The van der Waals surface area contributed by atoms with Gasteiger partial charge in [0.2, 0.25) is 5.91 Å². The molecule has 1 aliphatic rings.